The predicted octanol–water partition coefficient (Wildman–Crippen LogP) is 3.50. The Hall–Kier alpha value is -2.09. The summed E-state index contributed by atoms with van der Waals surface area (Å²) in [7, 11) is 0. The first-order chi connectivity index (χ1) is 10.2. The standard InChI is InChI=1S/C19H21NO/c1-15-11-17-9-5-6-10-19(17)20(13-15)14-18(21)12-16-7-3-2-4-8-16/h2-10,15H,11-14H2,1H3. The number of carbonyl (C=O) groups excluding carboxylic acids is 1. The Kier molecular flexibility index (Phi) is 4.05. The minimum absolute atomic E-state index is 0.283. The van der Waals surface area contributed by atoms with E-state index in [1.54, 1.807) is 0 Å². The van der Waals surface area contributed by atoms with Crippen LogP contribution in [0.3, 0.4) is 0 Å². The molecule has 3 rings (SSSR count). The maximum atomic E-state index is 12.4. The fourth-order valence-corrected chi connectivity index (χ4v) is 3.15. The highest BCUT2D eigenvalue weighted by atomic mass is 16.1. The van der Waals surface area contributed by atoms with E-state index < -0.39 is 0 Å². The molecule has 0 saturated heterocycles. The lowest BCUT2D eigenvalue weighted by Gasteiger charge is -2.34. The first-order valence-electron chi connectivity index (χ1n) is 7.61. The number of carbonyl (C=O) groups is 1. The topological polar surface area (TPSA) is 20.3 Å². The maximum absolute atomic E-state index is 12.4. The Morgan fingerprint density at radius 2 is 1.81 bits per heavy atom. The van der Waals surface area contributed by atoms with Crippen LogP contribution in [0, 0.1) is 5.92 Å². The quantitative estimate of drug-likeness (QED) is 0.854. The molecule has 1 heterocycles. The zero-order valence-electron chi connectivity index (χ0n) is 12.5. The Balaban J connectivity index is 1.71. The van der Waals surface area contributed by atoms with Gasteiger partial charge in [0.05, 0.1) is 6.54 Å². The largest absolute Gasteiger partial charge is 0.364 e. The molecule has 2 heteroatoms. The van der Waals surface area contributed by atoms with Crippen molar-refractivity contribution < 1.29 is 4.79 Å². The molecule has 2 aromatic rings. The monoisotopic (exact) mass is 279 g/mol. The molecule has 1 unspecified atom stereocenters. The number of benzene rings is 2. The van der Waals surface area contributed by atoms with Gasteiger partial charge in [0.1, 0.15) is 0 Å². The van der Waals surface area contributed by atoms with E-state index in [1.807, 2.05) is 30.3 Å². The van der Waals surface area contributed by atoms with Crippen LogP contribution >= 0.6 is 0 Å². The van der Waals surface area contributed by atoms with Gasteiger partial charge in [-0.1, -0.05) is 55.5 Å². The summed E-state index contributed by atoms with van der Waals surface area (Å²) in [5.74, 6) is 0.884. The van der Waals surface area contributed by atoms with Crippen molar-refractivity contribution >= 4 is 11.5 Å². The molecular formula is C19H21NO. The van der Waals surface area contributed by atoms with Crippen LogP contribution in [0.5, 0.6) is 0 Å². The minimum atomic E-state index is 0.283. The van der Waals surface area contributed by atoms with Gasteiger partial charge < -0.3 is 4.90 Å². The summed E-state index contributed by atoms with van der Waals surface area (Å²) >= 11 is 0. The van der Waals surface area contributed by atoms with E-state index in [1.165, 1.54) is 11.3 Å². The molecule has 2 nitrogen and oxygen atoms in total. The molecule has 0 saturated carbocycles. The second-order valence-corrected chi connectivity index (χ2v) is 6.02. The molecular weight excluding hydrogens is 258 g/mol. The molecule has 0 spiro atoms. The lowest BCUT2D eigenvalue weighted by molar-refractivity contribution is -0.117. The van der Waals surface area contributed by atoms with Crippen LogP contribution in [-0.4, -0.2) is 18.9 Å². The van der Waals surface area contributed by atoms with Gasteiger partial charge in [-0.2, -0.15) is 0 Å². The van der Waals surface area contributed by atoms with E-state index >= 15 is 0 Å². The van der Waals surface area contributed by atoms with Crippen LogP contribution in [0.15, 0.2) is 54.6 Å². The van der Waals surface area contributed by atoms with Gasteiger partial charge in [-0.15, -0.1) is 0 Å². The van der Waals surface area contributed by atoms with Crippen LogP contribution in [-0.2, 0) is 17.6 Å². The van der Waals surface area contributed by atoms with E-state index in [9.17, 15) is 4.79 Å². The first kappa shape index (κ1) is 13.9. The Morgan fingerprint density at radius 1 is 1.10 bits per heavy atom. The van der Waals surface area contributed by atoms with Gasteiger partial charge in [-0.05, 0) is 29.5 Å². The van der Waals surface area contributed by atoms with Crippen molar-refractivity contribution in [2.24, 2.45) is 5.92 Å². The fraction of sp³-hybridized carbons (Fsp3) is 0.316. The molecule has 2 aromatic carbocycles. The molecule has 0 aromatic heterocycles. The molecule has 0 bridgehead atoms. The molecule has 0 amide bonds. The van der Waals surface area contributed by atoms with Crippen LogP contribution in [0.4, 0.5) is 5.69 Å². The fourth-order valence-electron chi connectivity index (χ4n) is 3.15. The predicted molar refractivity (Wildman–Crippen MR) is 86.7 cm³/mol. The number of para-hydroxylation sites is 1. The van der Waals surface area contributed by atoms with Crippen LogP contribution in [0.2, 0.25) is 0 Å². The van der Waals surface area contributed by atoms with Crippen molar-refractivity contribution in [2.75, 3.05) is 18.0 Å². The average Bonchev–Trinajstić information content (AvgIpc) is 2.48. The molecule has 108 valence electrons. The maximum Gasteiger partial charge on any atom is 0.156 e. The third kappa shape index (κ3) is 3.33. The highest BCUT2D eigenvalue weighted by Gasteiger charge is 2.22. The Morgan fingerprint density at radius 3 is 2.62 bits per heavy atom. The smallest absolute Gasteiger partial charge is 0.156 e. The van der Waals surface area contributed by atoms with Gasteiger partial charge in [0.2, 0.25) is 0 Å². The molecule has 0 N–H and O–H groups in total. The van der Waals surface area contributed by atoms with Crippen molar-refractivity contribution in [3.63, 3.8) is 0 Å². The Bertz CT molecular complexity index is 620. The number of ketones is 1. The van der Waals surface area contributed by atoms with E-state index in [4.69, 9.17) is 0 Å². The van der Waals surface area contributed by atoms with E-state index in [0.29, 0.717) is 18.9 Å². The highest BCUT2D eigenvalue weighted by Crippen LogP contribution is 2.29. The van der Waals surface area contributed by atoms with Crippen LogP contribution in [0.1, 0.15) is 18.1 Å². The third-order valence-corrected chi connectivity index (χ3v) is 4.04. The zero-order chi connectivity index (χ0) is 14.7. The summed E-state index contributed by atoms with van der Waals surface area (Å²) in [6.45, 7) is 3.73. The minimum Gasteiger partial charge on any atom is -0.364 e. The summed E-state index contributed by atoms with van der Waals surface area (Å²) in [5, 5.41) is 0. The first-order valence-corrected chi connectivity index (χ1v) is 7.61. The summed E-state index contributed by atoms with van der Waals surface area (Å²) < 4.78 is 0. The summed E-state index contributed by atoms with van der Waals surface area (Å²) in [4.78, 5) is 14.6. The van der Waals surface area contributed by atoms with Gasteiger partial charge in [0.15, 0.2) is 5.78 Å². The van der Waals surface area contributed by atoms with Crippen molar-refractivity contribution in [1.29, 1.82) is 0 Å². The number of fused-ring (bicyclic) bond motifs is 1. The van der Waals surface area contributed by atoms with Crippen LogP contribution in [0.25, 0.3) is 0 Å². The lowest BCUT2D eigenvalue weighted by atomic mass is 9.93. The average molecular weight is 279 g/mol. The third-order valence-electron chi connectivity index (χ3n) is 4.04. The van der Waals surface area contributed by atoms with E-state index in [2.05, 4.69) is 36.1 Å². The number of Topliss-reactive ketones (excluding diaryl/α,β-unsaturated/α-hetero) is 1. The number of nitrogens with zero attached hydrogens (tertiary/aromatic N) is 1. The van der Waals surface area contributed by atoms with Gasteiger partial charge >= 0.3 is 0 Å². The SMILES string of the molecule is CC1Cc2ccccc2N(CC(=O)Cc2ccccc2)C1. The molecule has 0 aliphatic carbocycles. The van der Waals surface area contributed by atoms with Gasteiger partial charge in [0.25, 0.3) is 0 Å². The molecule has 1 aliphatic heterocycles. The normalized spacial score (nSPS) is 17.4. The van der Waals surface area contributed by atoms with Gasteiger partial charge in [-0.3, -0.25) is 4.79 Å². The molecule has 1 aliphatic rings. The van der Waals surface area contributed by atoms with Gasteiger partial charge in [0, 0.05) is 18.7 Å². The number of rotatable bonds is 4. The number of anilines is 1. The Labute approximate surface area is 126 Å². The summed E-state index contributed by atoms with van der Waals surface area (Å²) in [5.41, 5.74) is 3.70. The summed E-state index contributed by atoms with van der Waals surface area (Å²) in [6.07, 6.45) is 1.63. The van der Waals surface area contributed by atoms with Crippen LogP contribution < -0.4 is 4.90 Å². The number of hydrogen-bond acceptors (Lipinski definition) is 2. The zero-order valence-corrected chi connectivity index (χ0v) is 12.5. The highest BCUT2D eigenvalue weighted by molar-refractivity contribution is 5.86. The van der Waals surface area contributed by atoms with Crippen molar-refractivity contribution in [2.45, 2.75) is 19.8 Å². The molecule has 0 fully saturated rings. The van der Waals surface area contributed by atoms with Crippen molar-refractivity contribution in [3.05, 3.63) is 65.7 Å². The summed E-state index contributed by atoms with van der Waals surface area (Å²) in [6, 6.07) is 18.5. The van der Waals surface area contributed by atoms with E-state index in [0.717, 1.165) is 18.5 Å². The second kappa shape index (κ2) is 6.13. The van der Waals surface area contributed by atoms with E-state index in [-0.39, 0.29) is 5.78 Å². The number of hydrogen-bond donors (Lipinski definition) is 0. The molecule has 0 radical (unpaired) electrons. The molecule has 1 atom stereocenters. The second-order valence-electron chi connectivity index (χ2n) is 6.02. The van der Waals surface area contributed by atoms with Crippen molar-refractivity contribution in [3.8, 4) is 0 Å². The molecule has 21 heavy (non-hydrogen) atoms. The van der Waals surface area contributed by atoms with Gasteiger partial charge in [-0.25, -0.2) is 0 Å². The lowest BCUT2D eigenvalue weighted by Crippen LogP contribution is -2.38. The van der Waals surface area contributed by atoms with Crippen molar-refractivity contribution in [1.82, 2.24) is 0 Å².